The minimum absolute atomic E-state index is 0.0862. The molecule has 1 aliphatic rings. The van der Waals surface area contributed by atoms with E-state index in [1.165, 1.54) is 5.41 Å². The summed E-state index contributed by atoms with van der Waals surface area (Å²) in [4.78, 5) is 4.25. The molecule has 0 aliphatic carbocycles. The number of nitrogens with two attached hydrogens (primary N) is 1. The number of nitrogen functional groups attached to an aromatic ring is 1. The van der Waals surface area contributed by atoms with Crippen LogP contribution in [0.1, 0.15) is 5.69 Å². The van der Waals surface area contributed by atoms with Crippen LogP contribution in [0.25, 0.3) is 10.8 Å². The maximum atomic E-state index is 11.4. The number of hydrogen-bond acceptors (Lipinski definition) is 5. The van der Waals surface area contributed by atoms with Crippen molar-refractivity contribution >= 4 is 32.0 Å². The number of nitrogens with zero attached hydrogens (tertiary/aromatic N) is 1. The fourth-order valence-corrected chi connectivity index (χ4v) is 3.59. The Morgan fingerprint density at radius 3 is 2.85 bits per heavy atom. The zero-order valence-corrected chi connectivity index (χ0v) is 11.8. The first-order valence-corrected chi connectivity index (χ1v) is 7.98. The zero-order valence-electron chi connectivity index (χ0n) is 11.0. The smallest absolute Gasteiger partial charge is 0.173 e. The lowest BCUT2D eigenvalue weighted by molar-refractivity contribution is 0.605. The van der Waals surface area contributed by atoms with Crippen molar-refractivity contribution < 1.29 is 8.42 Å². The molecule has 0 fully saturated rings. The summed E-state index contributed by atoms with van der Waals surface area (Å²) < 4.78 is 22.9. The first-order chi connectivity index (χ1) is 9.44. The molecule has 1 unspecified atom stereocenters. The van der Waals surface area contributed by atoms with E-state index in [2.05, 4.69) is 10.3 Å². The summed E-state index contributed by atoms with van der Waals surface area (Å²) in [5.74, 6) is 0.0862. The molecular weight excluding hydrogens is 274 g/mol. The Balaban J connectivity index is 2.02. The van der Waals surface area contributed by atoms with E-state index in [0.29, 0.717) is 5.69 Å². The maximum absolute atomic E-state index is 11.4. The number of sulfone groups is 1. The lowest BCUT2D eigenvalue weighted by Crippen LogP contribution is -2.21. The van der Waals surface area contributed by atoms with Gasteiger partial charge < -0.3 is 11.1 Å². The Morgan fingerprint density at radius 2 is 2.15 bits per heavy atom. The molecule has 104 valence electrons. The van der Waals surface area contributed by atoms with Crippen molar-refractivity contribution in [2.75, 3.05) is 16.8 Å². The second-order valence-electron chi connectivity index (χ2n) is 4.98. The van der Waals surface area contributed by atoms with E-state index in [-0.39, 0.29) is 11.8 Å². The zero-order chi connectivity index (χ0) is 14.3. The van der Waals surface area contributed by atoms with Gasteiger partial charge in [-0.15, -0.1) is 0 Å². The SMILES string of the molecule is Cc1cc2c(NC3C=CS(=O)(=O)C3)ccc(N)c2cn1. The number of rotatable bonds is 2. The number of anilines is 2. The van der Waals surface area contributed by atoms with Crippen molar-refractivity contribution in [1.29, 1.82) is 0 Å². The Bertz CT molecular complexity index is 813. The molecule has 3 rings (SSSR count). The van der Waals surface area contributed by atoms with Gasteiger partial charge in [-0.05, 0) is 25.1 Å². The van der Waals surface area contributed by atoms with Gasteiger partial charge in [-0.3, -0.25) is 4.98 Å². The van der Waals surface area contributed by atoms with Gasteiger partial charge in [-0.25, -0.2) is 8.42 Å². The van der Waals surface area contributed by atoms with Gasteiger partial charge in [0.1, 0.15) is 0 Å². The van der Waals surface area contributed by atoms with E-state index < -0.39 is 9.84 Å². The minimum atomic E-state index is -3.07. The van der Waals surface area contributed by atoms with Crippen molar-refractivity contribution in [3.05, 3.63) is 41.6 Å². The van der Waals surface area contributed by atoms with Gasteiger partial charge in [0.15, 0.2) is 9.84 Å². The summed E-state index contributed by atoms with van der Waals surface area (Å²) in [6.07, 6.45) is 3.41. The van der Waals surface area contributed by atoms with Crippen molar-refractivity contribution in [3.63, 3.8) is 0 Å². The Kier molecular flexibility index (Phi) is 2.90. The van der Waals surface area contributed by atoms with Crippen LogP contribution < -0.4 is 11.1 Å². The van der Waals surface area contributed by atoms with E-state index in [4.69, 9.17) is 5.73 Å². The third kappa shape index (κ3) is 2.34. The summed E-state index contributed by atoms with van der Waals surface area (Å²) in [6.45, 7) is 1.91. The number of benzene rings is 1. The maximum Gasteiger partial charge on any atom is 0.173 e. The highest BCUT2D eigenvalue weighted by Gasteiger charge is 2.22. The van der Waals surface area contributed by atoms with Gasteiger partial charge in [-0.1, -0.05) is 6.08 Å². The number of aryl methyl sites for hydroxylation is 1. The Hall–Kier alpha value is -2.08. The molecule has 0 saturated carbocycles. The molecule has 1 aliphatic heterocycles. The van der Waals surface area contributed by atoms with E-state index in [1.807, 2.05) is 19.1 Å². The predicted molar refractivity (Wildman–Crippen MR) is 81.2 cm³/mol. The van der Waals surface area contributed by atoms with Crippen LogP contribution >= 0.6 is 0 Å². The van der Waals surface area contributed by atoms with E-state index in [0.717, 1.165) is 22.2 Å². The van der Waals surface area contributed by atoms with Crippen LogP contribution in [-0.4, -0.2) is 25.2 Å². The van der Waals surface area contributed by atoms with Crippen molar-refractivity contribution in [1.82, 2.24) is 4.98 Å². The highest BCUT2D eigenvalue weighted by molar-refractivity contribution is 7.94. The average Bonchev–Trinajstić information content (AvgIpc) is 2.72. The van der Waals surface area contributed by atoms with Crippen LogP contribution in [0.2, 0.25) is 0 Å². The second-order valence-corrected chi connectivity index (χ2v) is 6.91. The average molecular weight is 289 g/mol. The van der Waals surface area contributed by atoms with E-state index in [9.17, 15) is 8.42 Å². The molecule has 20 heavy (non-hydrogen) atoms. The van der Waals surface area contributed by atoms with Gasteiger partial charge >= 0.3 is 0 Å². The molecule has 0 saturated heterocycles. The molecule has 1 aromatic heterocycles. The summed E-state index contributed by atoms with van der Waals surface area (Å²) >= 11 is 0. The van der Waals surface area contributed by atoms with Crippen LogP contribution in [0.4, 0.5) is 11.4 Å². The lowest BCUT2D eigenvalue weighted by Gasteiger charge is -2.15. The highest BCUT2D eigenvalue weighted by atomic mass is 32.2. The Morgan fingerprint density at radius 1 is 1.35 bits per heavy atom. The minimum Gasteiger partial charge on any atom is -0.398 e. The molecule has 1 atom stereocenters. The molecule has 0 radical (unpaired) electrons. The summed E-state index contributed by atoms with van der Waals surface area (Å²) in [5, 5.41) is 6.33. The third-order valence-corrected chi connectivity index (χ3v) is 4.74. The molecular formula is C14H15N3O2S. The molecule has 2 heterocycles. The normalized spacial score (nSPS) is 20.4. The van der Waals surface area contributed by atoms with Crippen LogP contribution in [0.15, 0.2) is 35.9 Å². The molecule has 6 heteroatoms. The first kappa shape index (κ1) is 12.9. The highest BCUT2D eigenvalue weighted by Crippen LogP contribution is 2.29. The monoisotopic (exact) mass is 289 g/mol. The van der Waals surface area contributed by atoms with Crippen molar-refractivity contribution in [2.45, 2.75) is 13.0 Å². The van der Waals surface area contributed by atoms with Crippen LogP contribution in [0.3, 0.4) is 0 Å². The molecule has 3 N–H and O–H groups in total. The van der Waals surface area contributed by atoms with Gasteiger partial charge in [0.05, 0.1) is 11.8 Å². The number of fused-ring (bicyclic) bond motifs is 1. The van der Waals surface area contributed by atoms with Crippen LogP contribution in [0, 0.1) is 6.92 Å². The first-order valence-electron chi connectivity index (χ1n) is 6.27. The predicted octanol–water partition coefficient (Wildman–Crippen LogP) is 1.85. The summed E-state index contributed by atoms with van der Waals surface area (Å²) in [6, 6.07) is 5.41. The standard InChI is InChI=1S/C14H15N3O2S/c1-9-6-11-12(7-16-9)13(15)2-3-14(11)17-10-4-5-20(18,19)8-10/h2-7,10,17H,8,15H2,1H3. The van der Waals surface area contributed by atoms with Gasteiger partial charge in [0.2, 0.25) is 0 Å². The topological polar surface area (TPSA) is 85.1 Å². The third-order valence-electron chi connectivity index (χ3n) is 3.34. The number of pyridine rings is 1. The number of nitrogens with one attached hydrogen (secondary N) is 1. The molecule has 0 amide bonds. The van der Waals surface area contributed by atoms with Crippen molar-refractivity contribution in [3.8, 4) is 0 Å². The largest absolute Gasteiger partial charge is 0.398 e. The van der Waals surface area contributed by atoms with Gasteiger partial charge in [-0.2, -0.15) is 0 Å². The summed E-state index contributed by atoms with van der Waals surface area (Å²) in [7, 11) is -3.07. The molecule has 0 spiro atoms. The van der Waals surface area contributed by atoms with Crippen LogP contribution in [-0.2, 0) is 9.84 Å². The van der Waals surface area contributed by atoms with Crippen molar-refractivity contribution in [2.24, 2.45) is 0 Å². The molecule has 1 aromatic carbocycles. The van der Waals surface area contributed by atoms with Crippen LogP contribution in [0.5, 0.6) is 0 Å². The fraction of sp³-hybridized carbons (Fsp3) is 0.214. The lowest BCUT2D eigenvalue weighted by atomic mass is 10.1. The Labute approximate surface area is 117 Å². The van der Waals surface area contributed by atoms with Gasteiger partial charge in [0.25, 0.3) is 0 Å². The summed E-state index contributed by atoms with van der Waals surface area (Å²) in [5.41, 5.74) is 8.37. The van der Waals surface area contributed by atoms with E-state index in [1.54, 1.807) is 18.3 Å². The van der Waals surface area contributed by atoms with E-state index >= 15 is 0 Å². The van der Waals surface area contributed by atoms with Gasteiger partial charge in [0, 0.05) is 39.4 Å². The second kappa shape index (κ2) is 4.49. The quantitative estimate of drug-likeness (QED) is 0.824. The number of hydrogen-bond donors (Lipinski definition) is 2. The fourth-order valence-electron chi connectivity index (χ4n) is 2.36. The molecule has 2 aromatic rings. The number of aromatic nitrogens is 1. The molecule has 5 nitrogen and oxygen atoms in total. The molecule has 0 bridgehead atoms.